The number of amides is 1. The van der Waals surface area contributed by atoms with Crippen molar-refractivity contribution in [3.63, 3.8) is 0 Å². The highest BCUT2D eigenvalue weighted by Crippen LogP contribution is 2.22. The van der Waals surface area contributed by atoms with Crippen LogP contribution >= 0.6 is 0 Å². The van der Waals surface area contributed by atoms with Gasteiger partial charge in [0.2, 0.25) is 5.91 Å². The van der Waals surface area contributed by atoms with E-state index in [9.17, 15) is 4.79 Å². The lowest BCUT2D eigenvalue weighted by molar-refractivity contribution is -0.144. The van der Waals surface area contributed by atoms with Gasteiger partial charge in [-0.05, 0) is 18.6 Å². The molecule has 0 aliphatic carbocycles. The third-order valence-electron chi connectivity index (χ3n) is 3.38. The average Bonchev–Trinajstić information content (AvgIpc) is 2.87. The van der Waals surface area contributed by atoms with Crippen LogP contribution in [0.25, 0.3) is 0 Å². The molecule has 0 saturated carbocycles. The van der Waals surface area contributed by atoms with Crippen molar-refractivity contribution in [2.45, 2.75) is 12.5 Å². The van der Waals surface area contributed by atoms with Gasteiger partial charge >= 0.3 is 0 Å². The van der Waals surface area contributed by atoms with Crippen molar-refractivity contribution in [3.8, 4) is 5.75 Å². The third-order valence-corrected chi connectivity index (χ3v) is 3.38. The van der Waals surface area contributed by atoms with Gasteiger partial charge in [0.25, 0.3) is 0 Å². The second-order valence-corrected chi connectivity index (χ2v) is 4.73. The van der Waals surface area contributed by atoms with Crippen molar-refractivity contribution < 1.29 is 14.3 Å². The van der Waals surface area contributed by atoms with Crippen LogP contribution in [0, 0.1) is 5.92 Å². The van der Waals surface area contributed by atoms with Gasteiger partial charge in [-0.2, -0.15) is 0 Å². The number of nitrogens with zero attached hydrogens (tertiary/aromatic N) is 2. The minimum Gasteiger partial charge on any atom is -0.485 e. The molecule has 1 aromatic heterocycles. The van der Waals surface area contributed by atoms with E-state index in [4.69, 9.17) is 9.47 Å². The summed E-state index contributed by atoms with van der Waals surface area (Å²) in [6.07, 6.45) is 4.35. The Morgan fingerprint density at radius 3 is 3.06 bits per heavy atom. The number of ether oxygens (including phenoxy) is 2. The fourth-order valence-corrected chi connectivity index (χ4v) is 2.29. The van der Waals surface area contributed by atoms with Gasteiger partial charge in [0.15, 0.2) is 0 Å². The van der Waals surface area contributed by atoms with Crippen molar-refractivity contribution in [1.82, 2.24) is 9.88 Å². The number of aromatic nitrogens is 1. The van der Waals surface area contributed by atoms with E-state index in [2.05, 4.69) is 4.98 Å². The number of hydrogen-bond acceptors (Lipinski definition) is 4. The zero-order chi connectivity index (χ0) is 12.4. The van der Waals surface area contributed by atoms with Gasteiger partial charge in [-0.3, -0.25) is 9.78 Å². The quantitative estimate of drug-likeness (QED) is 0.790. The third kappa shape index (κ3) is 2.31. The molecule has 1 atom stereocenters. The van der Waals surface area contributed by atoms with Crippen molar-refractivity contribution in [2.75, 3.05) is 26.3 Å². The Hall–Kier alpha value is -1.62. The molecule has 0 bridgehead atoms. The van der Waals surface area contributed by atoms with E-state index in [0.29, 0.717) is 26.3 Å². The molecular weight excluding hydrogens is 232 g/mol. The highest BCUT2D eigenvalue weighted by molar-refractivity contribution is 5.80. The molecular formula is C13H16N2O3. The maximum atomic E-state index is 12.0. The lowest BCUT2D eigenvalue weighted by atomic mass is 10.0. The van der Waals surface area contributed by atoms with Crippen LogP contribution in [0.5, 0.6) is 5.75 Å². The summed E-state index contributed by atoms with van der Waals surface area (Å²) in [7, 11) is 0. The number of carbonyl (C=O) groups excluding carboxylic acids is 1. The first-order valence-corrected chi connectivity index (χ1v) is 6.26. The lowest BCUT2D eigenvalue weighted by Gasteiger charge is -2.40. The summed E-state index contributed by atoms with van der Waals surface area (Å²) in [6, 6.07) is 3.72. The Morgan fingerprint density at radius 1 is 1.50 bits per heavy atom. The summed E-state index contributed by atoms with van der Waals surface area (Å²) in [5.74, 6) is 1.03. The minimum atomic E-state index is 0.0596. The molecule has 2 aliphatic heterocycles. The Bertz CT molecular complexity index is 412. The fourth-order valence-electron chi connectivity index (χ4n) is 2.29. The monoisotopic (exact) mass is 248 g/mol. The van der Waals surface area contributed by atoms with Gasteiger partial charge in [0.05, 0.1) is 31.8 Å². The molecule has 3 heterocycles. The maximum Gasteiger partial charge on any atom is 0.228 e. The molecule has 2 fully saturated rings. The molecule has 0 radical (unpaired) electrons. The number of likely N-dealkylation sites (tertiary alicyclic amines) is 1. The summed E-state index contributed by atoms with van der Waals surface area (Å²) in [5.41, 5.74) is 0. The second kappa shape index (κ2) is 4.94. The Kier molecular flexibility index (Phi) is 3.15. The highest BCUT2D eigenvalue weighted by atomic mass is 16.5. The predicted molar refractivity (Wildman–Crippen MR) is 64.2 cm³/mol. The van der Waals surface area contributed by atoms with Crippen LogP contribution in [0.15, 0.2) is 24.5 Å². The van der Waals surface area contributed by atoms with Crippen LogP contribution in [0.1, 0.15) is 6.42 Å². The van der Waals surface area contributed by atoms with Gasteiger partial charge in [-0.25, -0.2) is 0 Å². The van der Waals surface area contributed by atoms with Gasteiger partial charge in [-0.1, -0.05) is 0 Å². The van der Waals surface area contributed by atoms with E-state index in [-0.39, 0.29) is 17.9 Å². The number of carbonyl (C=O) groups is 1. The molecule has 1 unspecified atom stereocenters. The summed E-state index contributed by atoms with van der Waals surface area (Å²) in [6.45, 7) is 2.62. The largest absolute Gasteiger partial charge is 0.485 e. The van der Waals surface area contributed by atoms with Gasteiger partial charge < -0.3 is 14.4 Å². The average molecular weight is 248 g/mol. The smallest absolute Gasteiger partial charge is 0.228 e. The normalized spacial score (nSPS) is 23.8. The van der Waals surface area contributed by atoms with Crippen molar-refractivity contribution >= 4 is 5.91 Å². The molecule has 1 amide bonds. The van der Waals surface area contributed by atoms with Gasteiger partial charge in [-0.15, -0.1) is 0 Å². The summed E-state index contributed by atoms with van der Waals surface area (Å²) < 4.78 is 10.9. The molecule has 5 nitrogen and oxygen atoms in total. The van der Waals surface area contributed by atoms with E-state index < -0.39 is 0 Å². The zero-order valence-electron chi connectivity index (χ0n) is 10.1. The standard InChI is InChI=1S/C13H16N2O3/c16-13(10-3-5-17-9-10)15-7-12(8-15)18-11-2-1-4-14-6-11/h1-2,4,6,10,12H,3,5,7-9H2. The van der Waals surface area contributed by atoms with Crippen LogP contribution in [0.4, 0.5) is 0 Å². The van der Waals surface area contributed by atoms with Crippen molar-refractivity contribution in [2.24, 2.45) is 5.92 Å². The molecule has 2 aliphatic rings. The van der Waals surface area contributed by atoms with Crippen LogP contribution in [-0.2, 0) is 9.53 Å². The first-order chi connectivity index (χ1) is 8.83. The minimum absolute atomic E-state index is 0.0596. The Labute approximate surface area is 106 Å². The number of rotatable bonds is 3. The molecule has 1 aromatic rings. The predicted octanol–water partition coefficient (Wildman–Crippen LogP) is 0.708. The summed E-state index contributed by atoms with van der Waals surface area (Å²) >= 11 is 0. The molecule has 96 valence electrons. The van der Waals surface area contributed by atoms with Crippen molar-refractivity contribution in [3.05, 3.63) is 24.5 Å². The summed E-state index contributed by atoms with van der Waals surface area (Å²) in [5, 5.41) is 0. The second-order valence-electron chi connectivity index (χ2n) is 4.73. The van der Waals surface area contributed by atoms with Gasteiger partial charge in [0, 0.05) is 12.8 Å². The zero-order valence-corrected chi connectivity index (χ0v) is 10.1. The molecule has 0 N–H and O–H groups in total. The number of hydrogen-bond donors (Lipinski definition) is 0. The molecule has 3 rings (SSSR count). The van der Waals surface area contributed by atoms with E-state index >= 15 is 0 Å². The maximum absolute atomic E-state index is 12.0. The first kappa shape index (κ1) is 11.5. The van der Waals surface area contributed by atoms with Crippen LogP contribution in [0.2, 0.25) is 0 Å². The number of pyridine rings is 1. The highest BCUT2D eigenvalue weighted by Gasteiger charge is 2.36. The fraction of sp³-hybridized carbons (Fsp3) is 0.538. The van der Waals surface area contributed by atoms with Gasteiger partial charge in [0.1, 0.15) is 11.9 Å². The van der Waals surface area contributed by atoms with Crippen LogP contribution in [0.3, 0.4) is 0 Å². The van der Waals surface area contributed by atoms with E-state index in [1.807, 2.05) is 17.0 Å². The topological polar surface area (TPSA) is 51.7 Å². The molecule has 5 heteroatoms. The Morgan fingerprint density at radius 2 is 2.39 bits per heavy atom. The van der Waals surface area contributed by atoms with E-state index in [1.54, 1.807) is 12.4 Å². The Balaban J connectivity index is 1.47. The van der Waals surface area contributed by atoms with E-state index in [0.717, 1.165) is 12.2 Å². The molecule has 18 heavy (non-hydrogen) atoms. The first-order valence-electron chi connectivity index (χ1n) is 6.26. The lowest BCUT2D eigenvalue weighted by Crippen LogP contribution is -2.57. The van der Waals surface area contributed by atoms with Crippen molar-refractivity contribution in [1.29, 1.82) is 0 Å². The summed E-state index contributed by atoms with van der Waals surface area (Å²) in [4.78, 5) is 17.8. The SMILES string of the molecule is O=C(C1CCOC1)N1CC(Oc2cccnc2)C1. The molecule has 0 spiro atoms. The molecule has 2 saturated heterocycles. The van der Waals surface area contributed by atoms with Crippen LogP contribution in [-0.4, -0.2) is 48.2 Å². The molecule has 0 aromatic carbocycles. The van der Waals surface area contributed by atoms with Crippen LogP contribution < -0.4 is 4.74 Å². The van der Waals surface area contributed by atoms with E-state index in [1.165, 1.54) is 0 Å².